The summed E-state index contributed by atoms with van der Waals surface area (Å²) in [6.07, 6.45) is 5.98. The maximum absolute atomic E-state index is 4.39. The van der Waals surface area contributed by atoms with E-state index in [4.69, 9.17) is 0 Å². The van der Waals surface area contributed by atoms with Gasteiger partial charge in [-0.2, -0.15) is 0 Å². The first kappa shape index (κ1) is 13.6. The van der Waals surface area contributed by atoms with Crippen LogP contribution in [0.1, 0.15) is 17.0 Å². The minimum absolute atomic E-state index is 0.990. The summed E-state index contributed by atoms with van der Waals surface area (Å²) in [5.41, 5.74) is 6.22. The fourth-order valence-electron chi connectivity index (χ4n) is 2.80. The van der Waals surface area contributed by atoms with Gasteiger partial charge in [-0.15, -0.1) is 0 Å². The zero-order valence-electron chi connectivity index (χ0n) is 13.0. The van der Waals surface area contributed by atoms with Crippen molar-refractivity contribution in [3.8, 4) is 16.9 Å². The van der Waals surface area contributed by atoms with Crippen LogP contribution < -0.4 is 4.57 Å². The maximum atomic E-state index is 4.39. The summed E-state index contributed by atoms with van der Waals surface area (Å²) in [4.78, 5) is 4.39. The molecule has 3 heteroatoms. The summed E-state index contributed by atoms with van der Waals surface area (Å²) in [6.45, 7) is 6.35. The lowest BCUT2D eigenvalue weighted by Crippen LogP contribution is -2.35. The minimum Gasteiger partial charge on any atom is -0.351 e. The van der Waals surface area contributed by atoms with Gasteiger partial charge in [0.05, 0.1) is 0 Å². The number of aromatic nitrogens is 3. The highest BCUT2D eigenvalue weighted by Gasteiger charge is 2.16. The van der Waals surface area contributed by atoms with E-state index < -0.39 is 0 Å². The van der Waals surface area contributed by atoms with E-state index >= 15 is 0 Å². The molecular formula is C18H20N3+. The Morgan fingerprint density at radius 3 is 2.57 bits per heavy atom. The van der Waals surface area contributed by atoms with E-state index in [1.54, 1.807) is 0 Å². The van der Waals surface area contributed by atoms with Crippen molar-refractivity contribution in [1.29, 1.82) is 0 Å². The molecule has 2 heterocycles. The zero-order valence-corrected chi connectivity index (χ0v) is 13.0. The third-order valence-corrected chi connectivity index (χ3v) is 3.94. The first-order valence-electron chi connectivity index (χ1n) is 7.14. The summed E-state index contributed by atoms with van der Waals surface area (Å²) in [6, 6.07) is 10.7. The van der Waals surface area contributed by atoms with E-state index in [0.29, 0.717) is 0 Å². The summed E-state index contributed by atoms with van der Waals surface area (Å²) in [5, 5.41) is 0. The molecule has 0 radical (unpaired) electrons. The van der Waals surface area contributed by atoms with E-state index in [-0.39, 0.29) is 0 Å². The number of benzene rings is 1. The molecule has 3 aromatic rings. The van der Waals surface area contributed by atoms with Crippen LogP contribution in [-0.2, 0) is 7.05 Å². The minimum atomic E-state index is 0.990. The van der Waals surface area contributed by atoms with Gasteiger partial charge in [0.25, 0.3) is 5.82 Å². The quantitative estimate of drug-likeness (QED) is 0.659. The molecule has 0 aliphatic rings. The third-order valence-electron chi connectivity index (χ3n) is 3.94. The van der Waals surface area contributed by atoms with Crippen molar-refractivity contribution in [2.45, 2.75) is 20.8 Å². The summed E-state index contributed by atoms with van der Waals surface area (Å²) in [7, 11) is 2.08. The summed E-state index contributed by atoms with van der Waals surface area (Å²) < 4.78 is 4.31. The van der Waals surface area contributed by atoms with Crippen LogP contribution in [0.4, 0.5) is 0 Å². The number of hydrogen-bond acceptors (Lipinski definition) is 1. The van der Waals surface area contributed by atoms with Crippen LogP contribution in [-0.4, -0.2) is 9.55 Å². The van der Waals surface area contributed by atoms with Crippen LogP contribution in [0.5, 0.6) is 0 Å². The van der Waals surface area contributed by atoms with Crippen molar-refractivity contribution in [2.75, 3.05) is 0 Å². The number of aryl methyl sites for hydroxylation is 3. The van der Waals surface area contributed by atoms with Crippen molar-refractivity contribution >= 4 is 0 Å². The van der Waals surface area contributed by atoms with Crippen molar-refractivity contribution in [3.63, 3.8) is 0 Å². The molecule has 0 saturated heterocycles. The molecular weight excluding hydrogens is 258 g/mol. The third kappa shape index (κ3) is 2.35. The number of rotatable bonds is 2. The lowest BCUT2D eigenvalue weighted by Gasteiger charge is -2.13. The summed E-state index contributed by atoms with van der Waals surface area (Å²) >= 11 is 0. The second-order valence-electron chi connectivity index (χ2n) is 5.50. The van der Waals surface area contributed by atoms with Crippen LogP contribution in [0.25, 0.3) is 16.9 Å². The van der Waals surface area contributed by atoms with Crippen molar-refractivity contribution in [2.24, 2.45) is 7.05 Å². The van der Waals surface area contributed by atoms with Crippen LogP contribution in [0.3, 0.4) is 0 Å². The fraction of sp³-hybridized carbons (Fsp3) is 0.222. The van der Waals surface area contributed by atoms with Gasteiger partial charge in [-0.3, -0.25) is 0 Å². The van der Waals surface area contributed by atoms with Crippen LogP contribution in [0, 0.1) is 20.8 Å². The molecule has 3 nitrogen and oxygen atoms in total. The predicted octanol–water partition coefficient (Wildman–Crippen LogP) is 3.29. The first-order valence-corrected chi connectivity index (χ1v) is 7.14. The van der Waals surface area contributed by atoms with Crippen LogP contribution >= 0.6 is 0 Å². The highest BCUT2D eigenvalue weighted by Crippen LogP contribution is 2.27. The normalized spacial score (nSPS) is 10.9. The van der Waals surface area contributed by atoms with E-state index in [2.05, 4.69) is 71.7 Å². The molecule has 0 aliphatic heterocycles. The molecule has 2 aromatic heterocycles. The molecule has 0 fully saturated rings. The Labute approximate surface area is 125 Å². The Balaban J connectivity index is 2.27. The van der Waals surface area contributed by atoms with Gasteiger partial charge in [0.2, 0.25) is 0 Å². The largest absolute Gasteiger partial charge is 0.351 e. The standard InChI is InChI=1S/C18H20N3/c1-13-11-16(17-7-5-9-20(17)4)14(2)18(12-13)21-10-6-8-19-15(21)3/h5-12H,1-4H3/q+1. The molecule has 3 rings (SSSR count). The molecule has 1 aromatic carbocycles. The lowest BCUT2D eigenvalue weighted by atomic mass is 10.00. The van der Waals surface area contributed by atoms with Gasteiger partial charge in [0.15, 0.2) is 0 Å². The average molecular weight is 278 g/mol. The van der Waals surface area contributed by atoms with Crippen molar-refractivity contribution in [1.82, 2.24) is 9.55 Å². The second kappa shape index (κ2) is 5.17. The molecule has 106 valence electrons. The van der Waals surface area contributed by atoms with Gasteiger partial charge in [-0.25, -0.2) is 4.57 Å². The van der Waals surface area contributed by atoms with Gasteiger partial charge in [-0.05, 0) is 43.7 Å². The SMILES string of the molecule is Cc1cc(-c2cccn2C)c(C)c(-[n+]2cccnc2C)c1. The fourth-order valence-corrected chi connectivity index (χ4v) is 2.80. The topological polar surface area (TPSA) is 21.7 Å². The number of hydrogen-bond donors (Lipinski definition) is 0. The Kier molecular flexibility index (Phi) is 3.34. The molecule has 0 unspecified atom stereocenters. The Bertz CT molecular complexity index is 800. The van der Waals surface area contributed by atoms with Gasteiger partial charge in [-0.1, -0.05) is 4.98 Å². The molecule has 0 spiro atoms. The average Bonchev–Trinajstić information content (AvgIpc) is 2.88. The molecule has 21 heavy (non-hydrogen) atoms. The van der Waals surface area contributed by atoms with Gasteiger partial charge in [0.1, 0.15) is 18.1 Å². The molecule has 0 N–H and O–H groups in total. The molecule has 0 amide bonds. The number of nitrogens with zero attached hydrogens (tertiary/aromatic N) is 3. The predicted molar refractivity (Wildman–Crippen MR) is 84.4 cm³/mol. The lowest BCUT2D eigenvalue weighted by molar-refractivity contribution is -0.606. The molecule has 0 saturated carbocycles. The van der Waals surface area contributed by atoms with Crippen molar-refractivity contribution in [3.05, 3.63) is 65.9 Å². The van der Waals surface area contributed by atoms with E-state index in [1.807, 2.05) is 19.2 Å². The monoisotopic (exact) mass is 278 g/mol. The van der Waals surface area contributed by atoms with E-state index in [9.17, 15) is 0 Å². The highest BCUT2D eigenvalue weighted by atomic mass is 15.0. The van der Waals surface area contributed by atoms with Gasteiger partial charge in [0, 0.05) is 43.1 Å². The summed E-state index contributed by atoms with van der Waals surface area (Å²) in [5.74, 6) is 0.990. The smallest absolute Gasteiger partial charge is 0.300 e. The van der Waals surface area contributed by atoms with E-state index in [0.717, 1.165) is 5.82 Å². The van der Waals surface area contributed by atoms with Gasteiger partial charge >= 0.3 is 0 Å². The van der Waals surface area contributed by atoms with Crippen molar-refractivity contribution < 1.29 is 4.57 Å². The van der Waals surface area contributed by atoms with Gasteiger partial charge < -0.3 is 4.57 Å². The Morgan fingerprint density at radius 2 is 1.90 bits per heavy atom. The van der Waals surface area contributed by atoms with Crippen LogP contribution in [0.15, 0.2) is 48.9 Å². The maximum Gasteiger partial charge on any atom is 0.300 e. The molecule has 0 atom stereocenters. The van der Waals surface area contributed by atoms with Crippen LogP contribution in [0.2, 0.25) is 0 Å². The second-order valence-corrected chi connectivity index (χ2v) is 5.50. The van der Waals surface area contributed by atoms with E-state index in [1.165, 1.54) is 28.1 Å². The molecule has 0 aliphatic carbocycles. The highest BCUT2D eigenvalue weighted by molar-refractivity contribution is 5.68. The zero-order chi connectivity index (χ0) is 15.0. The molecule has 0 bridgehead atoms. The Morgan fingerprint density at radius 1 is 1.10 bits per heavy atom. The Hall–Kier alpha value is -2.42. The first-order chi connectivity index (χ1) is 10.1.